The fourth-order valence-corrected chi connectivity index (χ4v) is 3.72. The molecule has 1 aromatic heterocycles. The average Bonchev–Trinajstić information content (AvgIpc) is 2.91. The van der Waals surface area contributed by atoms with E-state index in [2.05, 4.69) is 55.5 Å². The quantitative estimate of drug-likeness (QED) is 0.799. The van der Waals surface area contributed by atoms with E-state index in [0.29, 0.717) is 5.16 Å². The highest BCUT2D eigenvalue weighted by Gasteiger charge is 2.27. The number of aromatic nitrogens is 4. The molecule has 0 aliphatic heterocycles. The van der Waals surface area contributed by atoms with E-state index in [-0.39, 0.29) is 22.6 Å². The molecular formula is C18H27N5OS. The van der Waals surface area contributed by atoms with Crippen LogP contribution < -0.4 is 5.32 Å². The lowest BCUT2D eigenvalue weighted by atomic mass is 9.82. The lowest BCUT2D eigenvalue weighted by Gasteiger charge is -2.33. The van der Waals surface area contributed by atoms with E-state index in [9.17, 15) is 4.79 Å². The lowest BCUT2D eigenvalue weighted by molar-refractivity contribution is -0.120. The summed E-state index contributed by atoms with van der Waals surface area (Å²) in [5, 5.41) is 15.5. The van der Waals surface area contributed by atoms with Crippen LogP contribution in [-0.2, 0) is 4.79 Å². The minimum absolute atomic E-state index is 0.0160. The molecule has 0 saturated heterocycles. The molecule has 0 radical (unpaired) electrons. The number of thioether (sulfide) groups is 1. The van der Waals surface area contributed by atoms with Gasteiger partial charge in [-0.15, -0.1) is 5.10 Å². The second kappa shape index (κ2) is 7.56. The van der Waals surface area contributed by atoms with Gasteiger partial charge in [0.05, 0.1) is 11.4 Å². The van der Waals surface area contributed by atoms with Gasteiger partial charge in [0.15, 0.2) is 0 Å². The summed E-state index contributed by atoms with van der Waals surface area (Å²) in [7, 11) is 0. The smallest absolute Gasteiger partial charge is 0.230 e. The first kappa shape index (κ1) is 19.4. The fourth-order valence-electron chi connectivity index (χ4n) is 3.03. The van der Waals surface area contributed by atoms with Crippen molar-refractivity contribution >= 4 is 17.7 Å². The van der Waals surface area contributed by atoms with Gasteiger partial charge in [-0.25, -0.2) is 0 Å². The van der Waals surface area contributed by atoms with E-state index in [1.165, 1.54) is 17.3 Å². The monoisotopic (exact) mass is 361 g/mol. The van der Waals surface area contributed by atoms with Crippen LogP contribution in [-0.4, -0.2) is 37.4 Å². The highest BCUT2D eigenvalue weighted by atomic mass is 32.2. The van der Waals surface area contributed by atoms with Crippen LogP contribution in [0, 0.1) is 12.3 Å². The lowest BCUT2D eigenvalue weighted by Crippen LogP contribution is -2.46. The standard InChI is InChI=1S/C18H27N5OS/c1-13-7-9-14(10-8-13)23-16(20-21-22-23)25-11-15(24)19-18(5,6)12-17(2,3)4/h7-10H,11-12H2,1-6H3,(H,19,24). The molecule has 1 heterocycles. The summed E-state index contributed by atoms with van der Waals surface area (Å²) >= 11 is 1.33. The molecule has 1 aromatic carbocycles. The maximum atomic E-state index is 12.3. The highest BCUT2D eigenvalue weighted by Crippen LogP contribution is 2.27. The number of aryl methyl sites for hydroxylation is 1. The minimum atomic E-state index is -0.251. The summed E-state index contributed by atoms with van der Waals surface area (Å²) < 4.78 is 1.65. The SMILES string of the molecule is Cc1ccc(-n2nnnc2SCC(=O)NC(C)(C)CC(C)(C)C)cc1. The van der Waals surface area contributed by atoms with Crippen LogP contribution >= 0.6 is 11.8 Å². The van der Waals surface area contributed by atoms with Crippen molar-refractivity contribution in [1.29, 1.82) is 0 Å². The molecule has 0 unspecified atom stereocenters. The highest BCUT2D eigenvalue weighted by molar-refractivity contribution is 7.99. The van der Waals surface area contributed by atoms with E-state index in [1.807, 2.05) is 31.2 Å². The number of nitrogens with one attached hydrogen (secondary N) is 1. The van der Waals surface area contributed by atoms with E-state index < -0.39 is 0 Å². The number of hydrogen-bond acceptors (Lipinski definition) is 5. The van der Waals surface area contributed by atoms with Crippen molar-refractivity contribution in [2.75, 3.05) is 5.75 Å². The van der Waals surface area contributed by atoms with Gasteiger partial charge in [-0.1, -0.05) is 50.2 Å². The molecule has 0 bridgehead atoms. The van der Waals surface area contributed by atoms with Crippen LogP contribution in [0.2, 0.25) is 0 Å². The van der Waals surface area contributed by atoms with Crippen molar-refractivity contribution < 1.29 is 4.79 Å². The first-order chi connectivity index (χ1) is 11.6. The molecule has 0 spiro atoms. The van der Waals surface area contributed by atoms with Gasteiger partial charge >= 0.3 is 0 Å². The molecule has 25 heavy (non-hydrogen) atoms. The Balaban J connectivity index is 1.97. The summed E-state index contributed by atoms with van der Waals surface area (Å²) in [5.41, 5.74) is 1.95. The summed E-state index contributed by atoms with van der Waals surface area (Å²) in [6, 6.07) is 7.94. The number of benzene rings is 1. The van der Waals surface area contributed by atoms with Gasteiger partial charge in [-0.3, -0.25) is 4.79 Å². The second-order valence-corrected chi connectivity index (χ2v) is 9.11. The normalized spacial score (nSPS) is 12.2. The van der Waals surface area contributed by atoms with Crippen molar-refractivity contribution in [3.63, 3.8) is 0 Å². The molecule has 6 nitrogen and oxygen atoms in total. The number of tetrazole rings is 1. The molecule has 7 heteroatoms. The Labute approximate surface area is 153 Å². The molecule has 0 aliphatic rings. The number of hydrogen-bond donors (Lipinski definition) is 1. The topological polar surface area (TPSA) is 72.7 Å². The van der Waals surface area contributed by atoms with Crippen molar-refractivity contribution in [2.24, 2.45) is 5.41 Å². The van der Waals surface area contributed by atoms with Crippen molar-refractivity contribution in [1.82, 2.24) is 25.5 Å². The Hall–Kier alpha value is -1.89. The van der Waals surface area contributed by atoms with E-state index in [1.54, 1.807) is 4.68 Å². The second-order valence-electron chi connectivity index (χ2n) is 8.17. The Morgan fingerprint density at radius 3 is 2.40 bits per heavy atom. The average molecular weight is 362 g/mol. The van der Waals surface area contributed by atoms with Crippen molar-refractivity contribution in [2.45, 2.75) is 58.7 Å². The maximum absolute atomic E-state index is 12.3. The largest absolute Gasteiger partial charge is 0.350 e. The van der Waals surface area contributed by atoms with Crippen LogP contribution in [0.25, 0.3) is 5.69 Å². The van der Waals surface area contributed by atoms with Crippen molar-refractivity contribution in [3.8, 4) is 5.69 Å². The zero-order chi connectivity index (χ0) is 18.7. The van der Waals surface area contributed by atoms with Crippen LogP contribution in [0.1, 0.15) is 46.6 Å². The molecular weight excluding hydrogens is 334 g/mol. The summed E-state index contributed by atoms with van der Waals surface area (Å²) in [6.45, 7) is 12.7. The summed E-state index contributed by atoms with van der Waals surface area (Å²) in [5.74, 6) is 0.262. The number of amides is 1. The third-order valence-electron chi connectivity index (χ3n) is 3.50. The van der Waals surface area contributed by atoms with Gasteiger partial charge in [0, 0.05) is 5.54 Å². The molecule has 1 amide bonds. The number of rotatable bonds is 6. The molecule has 0 atom stereocenters. The van der Waals surface area contributed by atoms with E-state index in [4.69, 9.17) is 0 Å². The molecule has 0 fully saturated rings. The summed E-state index contributed by atoms with van der Waals surface area (Å²) in [4.78, 5) is 12.3. The molecule has 0 aliphatic carbocycles. The van der Waals surface area contributed by atoms with Gasteiger partial charge < -0.3 is 5.32 Å². The predicted molar refractivity (Wildman–Crippen MR) is 101 cm³/mol. The van der Waals surface area contributed by atoms with Gasteiger partial charge in [0.25, 0.3) is 0 Å². The number of carbonyl (C=O) groups excluding carboxylic acids is 1. The third-order valence-corrected chi connectivity index (χ3v) is 4.42. The maximum Gasteiger partial charge on any atom is 0.230 e. The Morgan fingerprint density at radius 2 is 1.80 bits per heavy atom. The Kier molecular flexibility index (Phi) is 5.87. The molecule has 2 aromatic rings. The van der Waals surface area contributed by atoms with Gasteiger partial charge in [-0.05, 0) is 55.2 Å². The first-order valence-corrected chi connectivity index (χ1v) is 9.34. The van der Waals surface area contributed by atoms with Crippen molar-refractivity contribution in [3.05, 3.63) is 29.8 Å². The zero-order valence-corrected chi connectivity index (χ0v) is 16.6. The number of nitrogens with zero attached hydrogens (tertiary/aromatic N) is 4. The molecule has 136 valence electrons. The first-order valence-electron chi connectivity index (χ1n) is 8.35. The molecule has 0 saturated carbocycles. The van der Waals surface area contributed by atoms with Gasteiger partial charge in [0.2, 0.25) is 11.1 Å². The number of carbonyl (C=O) groups is 1. The zero-order valence-electron chi connectivity index (χ0n) is 15.8. The molecule has 2 rings (SSSR count). The molecule has 1 N–H and O–H groups in total. The van der Waals surface area contributed by atoms with Crippen LogP contribution in [0.4, 0.5) is 0 Å². The van der Waals surface area contributed by atoms with E-state index in [0.717, 1.165) is 12.1 Å². The Morgan fingerprint density at radius 1 is 1.16 bits per heavy atom. The fraction of sp³-hybridized carbons (Fsp3) is 0.556. The van der Waals surface area contributed by atoms with Crippen LogP contribution in [0.5, 0.6) is 0 Å². The van der Waals surface area contributed by atoms with Gasteiger partial charge in [0.1, 0.15) is 0 Å². The van der Waals surface area contributed by atoms with Gasteiger partial charge in [-0.2, -0.15) is 4.68 Å². The predicted octanol–water partition coefficient (Wildman–Crippen LogP) is 3.39. The van der Waals surface area contributed by atoms with Crippen LogP contribution in [0.3, 0.4) is 0 Å². The Bertz CT molecular complexity index is 716. The van der Waals surface area contributed by atoms with E-state index >= 15 is 0 Å². The third kappa shape index (κ3) is 6.16. The van der Waals surface area contributed by atoms with Crippen LogP contribution in [0.15, 0.2) is 29.4 Å². The summed E-state index contributed by atoms with van der Waals surface area (Å²) in [6.07, 6.45) is 0.900. The minimum Gasteiger partial charge on any atom is -0.350 e.